The van der Waals surface area contributed by atoms with E-state index < -0.39 is 12.0 Å². The lowest BCUT2D eigenvalue weighted by Crippen LogP contribution is -2.32. The van der Waals surface area contributed by atoms with E-state index in [1.807, 2.05) is 0 Å². The summed E-state index contributed by atoms with van der Waals surface area (Å²) < 4.78 is 6.62. The smallest absolute Gasteiger partial charge is 0.320 e. The summed E-state index contributed by atoms with van der Waals surface area (Å²) in [6.45, 7) is 0. The minimum atomic E-state index is -1.08. The molecule has 0 bridgehead atoms. The highest BCUT2D eigenvalue weighted by atomic mass is 35.5. The molecular weight excluding hydrogens is 284 g/mol. The number of carboxylic acid groups (broad SMARTS) is 1. The second-order valence-electron chi connectivity index (χ2n) is 4.12. The molecule has 0 aliphatic carbocycles. The number of rotatable bonds is 5. The predicted molar refractivity (Wildman–Crippen MR) is 72.2 cm³/mol. The minimum absolute atomic E-state index is 0.111. The van der Waals surface area contributed by atoms with Gasteiger partial charge in [0.2, 0.25) is 0 Å². The van der Waals surface area contributed by atoms with Gasteiger partial charge in [-0.1, -0.05) is 16.8 Å². The largest absolute Gasteiger partial charge is 0.495 e. The second-order valence-corrected chi connectivity index (χ2v) is 4.53. The predicted octanol–water partition coefficient (Wildman–Crippen LogP) is 0.884. The van der Waals surface area contributed by atoms with Crippen LogP contribution in [0, 0.1) is 0 Å². The number of halogens is 1. The monoisotopic (exact) mass is 296 g/mol. The molecule has 20 heavy (non-hydrogen) atoms. The van der Waals surface area contributed by atoms with Crippen LogP contribution < -0.4 is 10.5 Å². The molecule has 1 heterocycles. The third-order valence-electron chi connectivity index (χ3n) is 2.69. The molecule has 0 amide bonds. The molecule has 0 fully saturated rings. The Bertz CT molecular complexity index is 629. The SMILES string of the molecule is COc1cc(-n2cc(CC(N)C(=O)O)nn2)ccc1Cl. The quantitative estimate of drug-likeness (QED) is 0.849. The number of carboxylic acids is 1. The molecule has 0 saturated carbocycles. The Labute approximate surface area is 119 Å². The summed E-state index contributed by atoms with van der Waals surface area (Å²) in [4.78, 5) is 10.7. The molecular formula is C12H13ClN4O3. The standard InChI is InChI=1S/C12H13ClN4O3/c1-20-11-5-8(2-3-9(11)13)17-6-7(15-16-17)4-10(14)12(18)19/h2-3,5-6,10H,4,14H2,1H3,(H,18,19). The molecule has 1 aromatic heterocycles. The molecule has 1 atom stereocenters. The number of hydrogen-bond donors (Lipinski definition) is 2. The molecule has 0 radical (unpaired) electrons. The topological polar surface area (TPSA) is 103 Å². The van der Waals surface area contributed by atoms with Crippen molar-refractivity contribution in [2.75, 3.05) is 7.11 Å². The number of nitrogens with two attached hydrogens (primary N) is 1. The molecule has 2 rings (SSSR count). The van der Waals surface area contributed by atoms with Crippen LogP contribution >= 0.6 is 11.6 Å². The van der Waals surface area contributed by atoms with E-state index in [0.717, 1.165) is 0 Å². The highest BCUT2D eigenvalue weighted by Crippen LogP contribution is 2.26. The highest BCUT2D eigenvalue weighted by molar-refractivity contribution is 6.32. The molecule has 7 nitrogen and oxygen atoms in total. The highest BCUT2D eigenvalue weighted by Gasteiger charge is 2.15. The summed E-state index contributed by atoms with van der Waals surface area (Å²) in [6.07, 6.45) is 1.73. The Morgan fingerprint density at radius 3 is 3.00 bits per heavy atom. The zero-order valence-electron chi connectivity index (χ0n) is 10.7. The average molecular weight is 297 g/mol. The van der Waals surface area contributed by atoms with Crippen molar-refractivity contribution < 1.29 is 14.6 Å². The van der Waals surface area contributed by atoms with E-state index in [1.165, 1.54) is 11.8 Å². The molecule has 8 heteroatoms. The Balaban J connectivity index is 2.22. The molecule has 3 N–H and O–H groups in total. The number of hydrogen-bond acceptors (Lipinski definition) is 5. The molecule has 2 aromatic rings. The van der Waals surface area contributed by atoms with Gasteiger partial charge in [0.1, 0.15) is 11.8 Å². The van der Waals surface area contributed by atoms with Crippen LogP contribution in [-0.4, -0.2) is 39.2 Å². The number of carbonyl (C=O) groups is 1. The van der Waals surface area contributed by atoms with Gasteiger partial charge in [-0.15, -0.1) is 5.10 Å². The number of aliphatic carboxylic acids is 1. The van der Waals surface area contributed by atoms with Crippen LogP contribution in [0.5, 0.6) is 5.75 Å². The van der Waals surface area contributed by atoms with Gasteiger partial charge >= 0.3 is 5.97 Å². The maximum absolute atomic E-state index is 10.7. The first-order valence-corrected chi connectivity index (χ1v) is 6.12. The van der Waals surface area contributed by atoms with E-state index in [1.54, 1.807) is 24.4 Å². The third-order valence-corrected chi connectivity index (χ3v) is 3.00. The van der Waals surface area contributed by atoms with Gasteiger partial charge in [0.15, 0.2) is 0 Å². The lowest BCUT2D eigenvalue weighted by Gasteiger charge is -2.05. The maximum atomic E-state index is 10.7. The zero-order valence-corrected chi connectivity index (χ0v) is 11.4. The van der Waals surface area contributed by atoms with E-state index in [-0.39, 0.29) is 6.42 Å². The number of aromatic nitrogens is 3. The normalized spacial score (nSPS) is 12.2. The molecule has 0 aliphatic heterocycles. The number of nitrogens with zero attached hydrogens (tertiary/aromatic N) is 3. The van der Waals surface area contributed by atoms with Gasteiger partial charge in [-0.3, -0.25) is 4.79 Å². The van der Waals surface area contributed by atoms with E-state index in [4.69, 9.17) is 27.2 Å². The van der Waals surface area contributed by atoms with Gasteiger partial charge in [-0.25, -0.2) is 4.68 Å². The Kier molecular flexibility index (Phi) is 4.21. The van der Waals surface area contributed by atoms with Crippen molar-refractivity contribution in [1.82, 2.24) is 15.0 Å². The van der Waals surface area contributed by atoms with Crippen LogP contribution in [0.4, 0.5) is 0 Å². The van der Waals surface area contributed by atoms with Crippen molar-refractivity contribution in [2.45, 2.75) is 12.5 Å². The average Bonchev–Trinajstić information content (AvgIpc) is 2.87. The first-order chi connectivity index (χ1) is 9.51. The first-order valence-electron chi connectivity index (χ1n) is 5.75. The fraction of sp³-hybridized carbons (Fsp3) is 0.250. The minimum Gasteiger partial charge on any atom is -0.495 e. The van der Waals surface area contributed by atoms with Gasteiger partial charge in [0.05, 0.1) is 29.7 Å². The summed E-state index contributed by atoms with van der Waals surface area (Å²) in [5.74, 6) is -0.559. The third kappa shape index (κ3) is 3.06. The van der Waals surface area contributed by atoms with Crippen molar-refractivity contribution in [3.63, 3.8) is 0 Å². The second kappa shape index (κ2) is 5.89. The van der Waals surface area contributed by atoms with Crippen molar-refractivity contribution in [1.29, 1.82) is 0 Å². The van der Waals surface area contributed by atoms with Crippen LogP contribution in [0.1, 0.15) is 5.69 Å². The zero-order chi connectivity index (χ0) is 14.7. The number of ether oxygens (including phenoxy) is 1. The van der Waals surface area contributed by atoms with E-state index in [0.29, 0.717) is 22.2 Å². The summed E-state index contributed by atoms with van der Waals surface area (Å²) >= 11 is 5.94. The Morgan fingerprint density at radius 1 is 1.60 bits per heavy atom. The van der Waals surface area contributed by atoms with Gasteiger partial charge in [0.25, 0.3) is 0 Å². The lowest BCUT2D eigenvalue weighted by atomic mass is 10.2. The Hall–Kier alpha value is -2.12. The lowest BCUT2D eigenvalue weighted by molar-refractivity contribution is -0.138. The fourth-order valence-electron chi connectivity index (χ4n) is 1.62. The summed E-state index contributed by atoms with van der Waals surface area (Å²) in [5.41, 5.74) is 6.64. The van der Waals surface area contributed by atoms with Gasteiger partial charge in [-0.05, 0) is 12.1 Å². The first kappa shape index (κ1) is 14.3. The van der Waals surface area contributed by atoms with E-state index in [9.17, 15) is 4.79 Å². The molecule has 0 spiro atoms. The van der Waals surface area contributed by atoms with Crippen LogP contribution in [0.3, 0.4) is 0 Å². The molecule has 0 saturated heterocycles. The van der Waals surface area contributed by atoms with Crippen molar-refractivity contribution >= 4 is 17.6 Å². The Morgan fingerprint density at radius 2 is 2.35 bits per heavy atom. The summed E-state index contributed by atoms with van der Waals surface area (Å²) in [6, 6.07) is 4.14. The van der Waals surface area contributed by atoms with Crippen LogP contribution in [0.25, 0.3) is 5.69 Å². The van der Waals surface area contributed by atoms with Crippen molar-refractivity contribution in [3.8, 4) is 11.4 Å². The van der Waals surface area contributed by atoms with Crippen molar-refractivity contribution in [3.05, 3.63) is 35.1 Å². The van der Waals surface area contributed by atoms with E-state index in [2.05, 4.69) is 10.3 Å². The van der Waals surface area contributed by atoms with Gasteiger partial charge in [-0.2, -0.15) is 0 Å². The maximum Gasteiger partial charge on any atom is 0.320 e. The molecule has 106 valence electrons. The van der Waals surface area contributed by atoms with Gasteiger partial charge < -0.3 is 15.6 Å². The number of benzene rings is 1. The number of methoxy groups -OCH3 is 1. The van der Waals surface area contributed by atoms with Crippen molar-refractivity contribution in [2.24, 2.45) is 5.73 Å². The molecule has 0 aliphatic rings. The molecule has 1 unspecified atom stereocenters. The van der Waals surface area contributed by atoms with E-state index >= 15 is 0 Å². The van der Waals surface area contributed by atoms with Crippen LogP contribution in [-0.2, 0) is 11.2 Å². The summed E-state index contributed by atoms with van der Waals surface area (Å²) in [5, 5.41) is 17.1. The van der Waals surface area contributed by atoms with Crippen LogP contribution in [0.2, 0.25) is 5.02 Å². The van der Waals surface area contributed by atoms with Gasteiger partial charge in [0, 0.05) is 12.5 Å². The molecule has 1 aromatic carbocycles. The van der Waals surface area contributed by atoms with Crippen LogP contribution in [0.15, 0.2) is 24.4 Å². The fourth-order valence-corrected chi connectivity index (χ4v) is 1.82. The summed E-state index contributed by atoms with van der Waals surface area (Å²) in [7, 11) is 1.52.